The maximum absolute atomic E-state index is 8.94. The van der Waals surface area contributed by atoms with Crippen molar-refractivity contribution >= 4 is 17.4 Å². The van der Waals surface area contributed by atoms with E-state index in [2.05, 4.69) is 16.4 Å². The van der Waals surface area contributed by atoms with Crippen LogP contribution in [0.4, 0.5) is 5.82 Å². The minimum Gasteiger partial charge on any atom is -0.376 e. The lowest BCUT2D eigenvalue weighted by atomic mass is 10.1. The minimum absolute atomic E-state index is 0.261. The summed E-state index contributed by atoms with van der Waals surface area (Å²) in [6.07, 6.45) is 5.35. The summed E-state index contributed by atoms with van der Waals surface area (Å²) in [6.45, 7) is 0.786. The number of nitrogens with one attached hydrogen (secondary N) is 1. The molecule has 2 unspecified atom stereocenters. The minimum atomic E-state index is 0.261. The summed E-state index contributed by atoms with van der Waals surface area (Å²) < 4.78 is 5.76. The van der Waals surface area contributed by atoms with Crippen LogP contribution in [0.5, 0.6) is 0 Å². The number of hydrogen-bond acceptors (Lipinski definition) is 4. The highest BCUT2D eigenvalue weighted by Gasteiger charge is 2.40. The Morgan fingerprint density at radius 2 is 2.28 bits per heavy atom. The largest absolute Gasteiger partial charge is 0.376 e. The molecule has 0 spiro atoms. The van der Waals surface area contributed by atoms with Crippen LogP contribution in [0.1, 0.15) is 24.8 Å². The van der Waals surface area contributed by atoms with E-state index in [0.29, 0.717) is 22.3 Å². The number of rotatable bonds is 3. The van der Waals surface area contributed by atoms with Crippen molar-refractivity contribution in [3.8, 4) is 6.07 Å². The highest BCUT2D eigenvalue weighted by atomic mass is 35.5. The van der Waals surface area contributed by atoms with Crippen LogP contribution in [-0.2, 0) is 4.74 Å². The molecule has 0 amide bonds. The van der Waals surface area contributed by atoms with Gasteiger partial charge in [-0.15, -0.1) is 0 Å². The first kappa shape index (κ1) is 11.8. The van der Waals surface area contributed by atoms with Gasteiger partial charge in [-0.1, -0.05) is 11.6 Å². The molecule has 0 aromatic carbocycles. The Hall–Kier alpha value is -1.31. The fraction of sp³-hybridized carbons (Fsp3) is 0.538. The standard InChI is InChI=1S/C13H14ClN3O/c14-11-9(7-15)3-5-16-13(11)17-10-4-6-18-12(10)8-1-2-8/h3,5,8,10,12H,1-2,4,6H2,(H,16,17). The summed E-state index contributed by atoms with van der Waals surface area (Å²) in [6, 6.07) is 3.95. The zero-order chi connectivity index (χ0) is 12.5. The van der Waals surface area contributed by atoms with Gasteiger partial charge in [0.15, 0.2) is 0 Å². The maximum Gasteiger partial charge on any atom is 0.146 e. The van der Waals surface area contributed by atoms with Crippen LogP contribution in [0.15, 0.2) is 12.3 Å². The maximum atomic E-state index is 8.94. The van der Waals surface area contributed by atoms with Crippen molar-refractivity contribution in [2.24, 2.45) is 5.92 Å². The predicted molar refractivity (Wildman–Crippen MR) is 68.5 cm³/mol. The number of ether oxygens (including phenoxy) is 1. The second kappa shape index (κ2) is 4.75. The first-order valence-electron chi connectivity index (χ1n) is 6.22. The molecule has 18 heavy (non-hydrogen) atoms. The van der Waals surface area contributed by atoms with Crippen LogP contribution in [0.3, 0.4) is 0 Å². The molecule has 2 heterocycles. The monoisotopic (exact) mass is 263 g/mol. The van der Waals surface area contributed by atoms with Crippen molar-refractivity contribution in [1.29, 1.82) is 5.26 Å². The molecule has 1 aliphatic carbocycles. The summed E-state index contributed by atoms with van der Waals surface area (Å²) in [5.74, 6) is 1.28. The Morgan fingerprint density at radius 1 is 1.44 bits per heavy atom. The van der Waals surface area contributed by atoms with Crippen LogP contribution in [-0.4, -0.2) is 23.7 Å². The molecule has 94 valence electrons. The van der Waals surface area contributed by atoms with Crippen molar-refractivity contribution in [1.82, 2.24) is 4.98 Å². The van der Waals surface area contributed by atoms with Crippen LogP contribution >= 0.6 is 11.6 Å². The van der Waals surface area contributed by atoms with Gasteiger partial charge in [0.05, 0.1) is 17.7 Å². The normalized spacial score (nSPS) is 26.9. The lowest BCUT2D eigenvalue weighted by Crippen LogP contribution is -2.31. The molecule has 5 heteroatoms. The first-order chi connectivity index (χ1) is 8.79. The van der Waals surface area contributed by atoms with Crippen LogP contribution < -0.4 is 5.32 Å². The average Bonchev–Trinajstić information content (AvgIpc) is 3.13. The van der Waals surface area contributed by atoms with E-state index in [9.17, 15) is 0 Å². The van der Waals surface area contributed by atoms with Gasteiger partial charge in [0.25, 0.3) is 0 Å². The van der Waals surface area contributed by atoms with Gasteiger partial charge < -0.3 is 10.1 Å². The molecule has 3 rings (SSSR count). The third-order valence-electron chi connectivity index (χ3n) is 3.55. The Morgan fingerprint density at radius 3 is 3.00 bits per heavy atom. The van der Waals surface area contributed by atoms with Gasteiger partial charge in [-0.3, -0.25) is 0 Å². The van der Waals surface area contributed by atoms with Crippen LogP contribution in [0, 0.1) is 17.2 Å². The molecule has 1 aromatic heterocycles. The summed E-state index contributed by atoms with van der Waals surface area (Å²) in [4.78, 5) is 4.21. The molecule has 1 saturated heterocycles. The van der Waals surface area contributed by atoms with Crippen molar-refractivity contribution in [3.05, 3.63) is 22.8 Å². The Labute approximate surface area is 111 Å². The fourth-order valence-corrected chi connectivity index (χ4v) is 2.67. The van der Waals surface area contributed by atoms with Gasteiger partial charge in [0, 0.05) is 12.8 Å². The Bertz CT molecular complexity index is 495. The molecule has 1 N–H and O–H groups in total. The van der Waals surface area contributed by atoms with Crippen molar-refractivity contribution < 1.29 is 4.74 Å². The fourth-order valence-electron chi connectivity index (χ4n) is 2.46. The van der Waals surface area contributed by atoms with Crippen LogP contribution in [0.25, 0.3) is 0 Å². The highest BCUT2D eigenvalue weighted by molar-refractivity contribution is 6.34. The second-order valence-corrected chi connectivity index (χ2v) is 5.22. The number of halogens is 1. The number of nitrogens with zero attached hydrogens (tertiary/aromatic N) is 2. The molecule has 2 aliphatic rings. The van der Waals surface area contributed by atoms with E-state index in [4.69, 9.17) is 21.6 Å². The van der Waals surface area contributed by atoms with E-state index < -0.39 is 0 Å². The molecule has 2 atom stereocenters. The molecule has 1 aromatic rings. The van der Waals surface area contributed by atoms with Crippen LogP contribution in [0.2, 0.25) is 5.02 Å². The van der Waals surface area contributed by atoms with Crippen molar-refractivity contribution in [2.45, 2.75) is 31.4 Å². The Balaban J connectivity index is 1.78. The Kier molecular flexibility index (Phi) is 3.11. The average molecular weight is 264 g/mol. The molecule has 0 radical (unpaired) electrons. The van der Waals surface area contributed by atoms with E-state index >= 15 is 0 Å². The van der Waals surface area contributed by atoms with E-state index in [0.717, 1.165) is 13.0 Å². The van der Waals surface area contributed by atoms with Gasteiger partial charge in [-0.25, -0.2) is 4.98 Å². The summed E-state index contributed by atoms with van der Waals surface area (Å²) in [7, 11) is 0. The topological polar surface area (TPSA) is 57.9 Å². The van der Waals surface area contributed by atoms with Gasteiger partial charge in [-0.05, 0) is 31.2 Å². The molecule has 1 aliphatic heterocycles. The smallest absolute Gasteiger partial charge is 0.146 e. The predicted octanol–water partition coefficient (Wildman–Crippen LogP) is 2.59. The zero-order valence-electron chi connectivity index (χ0n) is 9.90. The van der Waals surface area contributed by atoms with Gasteiger partial charge >= 0.3 is 0 Å². The van der Waals surface area contributed by atoms with Gasteiger partial charge in [0.1, 0.15) is 16.9 Å². The zero-order valence-corrected chi connectivity index (χ0v) is 10.7. The van der Waals surface area contributed by atoms with E-state index in [1.165, 1.54) is 12.8 Å². The third-order valence-corrected chi connectivity index (χ3v) is 3.94. The number of aromatic nitrogens is 1. The first-order valence-corrected chi connectivity index (χ1v) is 6.60. The van der Waals surface area contributed by atoms with Crippen molar-refractivity contribution in [3.63, 3.8) is 0 Å². The molecule has 2 fully saturated rings. The number of hydrogen-bond donors (Lipinski definition) is 1. The number of anilines is 1. The highest BCUT2D eigenvalue weighted by Crippen LogP contribution is 2.40. The van der Waals surface area contributed by atoms with Crippen molar-refractivity contribution in [2.75, 3.05) is 11.9 Å². The third kappa shape index (κ3) is 2.16. The van der Waals surface area contributed by atoms with E-state index in [1.807, 2.05) is 0 Å². The van der Waals surface area contributed by atoms with Gasteiger partial charge in [0.2, 0.25) is 0 Å². The lowest BCUT2D eigenvalue weighted by Gasteiger charge is -2.20. The quantitative estimate of drug-likeness (QED) is 0.911. The summed E-state index contributed by atoms with van der Waals surface area (Å²) >= 11 is 6.14. The van der Waals surface area contributed by atoms with E-state index in [-0.39, 0.29) is 12.1 Å². The number of nitriles is 1. The molecule has 1 saturated carbocycles. The summed E-state index contributed by atoms with van der Waals surface area (Å²) in [5, 5.41) is 12.7. The molecular weight excluding hydrogens is 250 g/mol. The molecule has 4 nitrogen and oxygen atoms in total. The molecular formula is C13H14ClN3O. The van der Waals surface area contributed by atoms with Gasteiger partial charge in [-0.2, -0.15) is 5.26 Å². The molecule has 0 bridgehead atoms. The SMILES string of the molecule is N#Cc1ccnc(NC2CCOC2C2CC2)c1Cl. The lowest BCUT2D eigenvalue weighted by molar-refractivity contribution is 0.0898. The summed E-state index contributed by atoms with van der Waals surface area (Å²) in [5.41, 5.74) is 0.455. The second-order valence-electron chi connectivity index (χ2n) is 4.85. The van der Waals surface area contributed by atoms with E-state index in [1.54, 1.807) is 12.3 Å². The number of pyridine rings is 1.